The summed E-state index contributed by atoms with van der Waals surface area (Å²) in [6.45, 7) is 6.22. The first kappa shape index (κ1) is 37.8. The number of nitrogens with one attached hydrogen (secondary N) is 1. The summed E-state index contributed by atoms with van der Waals surface area (Å²) in [6.07, 6.45) is 9.14. The summed E-state index contributed by atoms with van der Waals surface area (Å²) >= 11 is 6.14. The van der Waals surface area contributed by atoms with E-state index in [9.17, 15) is 9.59 Å². The van der Waals surface area contributed by atoms with E-state index < -0.39 is 0 Å². The fourth-order valence-corrected chi connectivity index (χ4v) is 7.19. The summed E-state index contributed by atoms with van der Waals surface area (Å²) < 4.78 is 0. The first-order chi connectivity index (χ1) is 21.4. The van der Waals surface area contributed by atoms with Crippen LogP contribution in [0.3, 0.4) is 0 Å². The van der Waals surface area contributed by atoms with Gasteiger partial charge in [-0.1, -0.05) is 79.4 Å². The summed E-state index contributed by atoms with van der Waals surface area (Å²) in [7, 11) is 0. The number of nitrogens with two attached hydrogens (primary N) is 1. The van der Waals surface area contributed by atoms with Crippen LogP contribution in [0.2, 0.25) is 5.02 Å². The Morgan fingerprint density at radius 3 is 2.33 bits per heavy atom. The molecule has 250 valence electrons. The minimum atomic E-state index is -0.135. The normalized spacial score (nSPS) is 16.5. The van der Waals surface area contributed by atoms with Gasteiger partial charge < -0.3 is 20.9 Å². The van der Waals surface area contributed by atoms with E-state index in [1.165, 1.54) is 38.6 Å². The van der Waals surface area contributed by atoms with Gasteiger partial charge in [0.1, 0.15) is 0 Å². The van der Waals surface area contributed by atoms with E-state index >= 15 is 0 Å². The number of hydrogen-bond donors (Lipinski definition) is 2. The Balaban J connectivity index is 0.00000288. The Morgan fingerprint density at radius 1 is 0.935 bits per heavy atom. The zero-order chi connectivity index (χ0) is 30.9. The molecule has 0 aromatic heterocycles. The lowest BCUT2D eigenvalue weighted by Crippen LogP contribution is -2.49. The second kappa shape index (κ2) is 18.7. The molecule has 6 nitrogen and oxygen atoms in total. The maximum atomic E-state index is 14.1. The van der Waals surface area contributed by atoms with E-state index in [1.807, 2.05) is 60.7 Å². The van der Waals surface area contributed by atoms with E-state index in [1.54, 1.807) is 0 Å². The van der Waals surface area contributed by atoms with Gasteiger partial charge in [-0.2, -0.15) is 0 Å². The van der Waals surface area contributed by atoms with Gasteiger partial charge in [0.15, 0.2) is 0 Å². The van der Waals surface area contributed by atoms with Crippen LogP contribution in [-0.4, -0.2) is 60.4 Å². The Morgan fingerprint density at radius 2 is 1.63 bits per heavy atom. The number of amides is 2. The van der Waals surface area contributed by atoms with Gasteiger partial charge in [0.05, 0.1) is 12.5 Å². The molecule has 3 aromatic carbocycles. The van der Waals surface area contributed by atoms with Crippen LogP contribution >= 0.6 is 36.4 Å². The molecule has 1 aliphatic heterocycles. The Labute approximate surface area is 292 Å². The van der Waals surface area contributed by atoms with Crippen LogP contribution < -0.4 is 11.1 Å². The van der Waals surface area contributed by atoms with Crippen molar-refractivity contribution < 1.29 is 9.59 Å². The van der Waals surface area contributed by atoms with Crippen LogP contribution in [0.15, 0.2) is 72.8 Å². The van der Waals surface area contributed by atoms with Gasteiger partial charge in [0.2, 0.25) is 5.91 Å². The molecule has 5 rings (SSSR count). The number of rotatable bonds is 11. The van der Waals surface area contributed by atoms with Crippen molar-refractivity contribution in [2.75, 3.05) is 32.7 Å². The van der Waals surface area contributed by atoms with Crippen molar-refractivity contribution in [1.29, 1.82) is 0 Å². The van der Waals surface area contributed by atoms with Gasteiger partial charge in [-0.25, -0.2) is 0 Å². The van der Waals surface area contributed by atoms with E-state index in [-0.39, 0.29) is 48.7 Å². The van der Waals surface area contributed by atoms with Crippen LogP contribution in [0.25, 0.3) is 11.1 Å². The second-order valence-electron chi connectivity index (χ2n) is 12.5. The van der Waals surface area contributed by atoms with Crippen LogP contribution in [0.5, 0.6) is 0 Å². The average molecular weight is 688 g/mol. The lowest BCUT2D eigenvalue weighted by molar-refractivity contribution is -0.136. The minimum Gasteiger partial charge on any atom is -0.351 e. The smallest absolute Gasteiger partial charge is 0.251 e. The highest BCUT2D eigenvalue weighted by molar-refractivity contribution is 6.30. The van der Waals surface area contributed by atoms with Gasteiger partial charge >= 0.3 is 0 Å². The molecule has 1 saturated carbocycles. The molecule has 1 saturated heterocycles. The van der Waals surface area contributed by atoms with Crippen LogP contribution in [-0.2, 0) is 11.2 Å². The van der Waals surface area contributed by atoms with Crippen molar-refractivity contribution in [3.05, 3.63) is 94.5 Å². The van der Waals surface area contributed by atoms with Crippen LogP contribution in [0.4, 0.5) is 0 Å². The third kappa shape index (κ3) is 9.95. The average Bonchev–Trinajstić information content (AvgIpc) is 3.06. The largest absolute Gasteiger partial charge is 0.351 e. The zero-order valence-electron chi connectivity index (χ0n) is 26.8. The molecule has 2 amide bonds. The third-order valence-electron chi connectivity index (χ3n) is 9.45. The fraction of sp³-hybridized carbons (Fsp3) is 0.459. The number of carbonyl (C=O) groups excluding carboxylic acids is 2. The molecule has 1 unspecified atom stereocenters. The van der Waals surface area contributed by atoms with Crippen molar-refractivity contribution in [3.63, 3.8) is 0 Å². The highest BCUT2D eigenvalue weighted by Gasteiger charge is 2.33. The van der Waals surface area contributed by atoms with E-state index in [0.717, 1.165) is 54.1 Å². The maximum Gasteiger partial charge on any atom is 0.251 e. The van der Waals surface area contributed by atoms with E-state index in [2.05, 4.69) is 34.2 Å². The number of likely N-dealkylation sites (tertiary alicyclic amines) is 1. The Bertz CT molecular complexity index is 1390. The van der Waals surface area contributed by atoms with Crippen molar-refractivity contribution in [2.45, 2.75) is 70.4 Å². The van der Waals surface area contributed by atoms with Gasteiger partial charge in [0, 0.05) is 49.4 Å². The Kier molecular flexibility index (Phi) is 15.3. The Hall–Kier alpha value is -2.61. The first-order valence-electron chi connectivity index (χ1n) is 16.4. The number of halogens is 3. The number of hydrogen-bond acceptors (Lipinski definition) is 4. The molecule has 0 bridgehead atoms. The fourth-order valence-electron chi connectivity index (χ4n) is 7.06. The predicted molar refractivity (Wildman–Crippen MR) is 194 cm³/mol. The van der Waals surface area contributed by atoms with Crippen molar-refractivity contribution >= 4 is 48.2 Å². The topological polar surface area (TPSA) is 78.7 Å². The maximum absolute atomic E-state index is 14.1. The molecule has 1 heterocycles. The lowest BCUT2D eigenvalue weighted by atomic mass is 9.88. The van der Waals surface area contributed by atoms with Gasteiger partial charge in [-0.15, -0.1) is 24.8 Å². The summed E-state index contributed by atoms with van der Waals surface area (Å²) in [6, 6.07) is 23.6. The predicted octanol–water partition coefficient (Wildman–Crippen LogP) is 7.72. The molecular formula is C37H49Cl3N4O2. The molecule has 46 heavy (non-hydrogen) atoms. The molecule has 3 aromatic rings. The molecule has 2 aliphatic rings. The summed E-state index contributed by atoms with van der Waals surface area (Å²) in [5.41, 5.74) is 10.1. The highest BCUT2D eigenvalue weighted by Crippen LogP contribution is 2.33. The molecule has 3 N–H and O–H groups in total. The first-order valence-corrected chi connectivity index (χ1v) is 16.8. The molecular weight excluding hydrogens is 639 g/mol. The molecule has 0 radical (unpaired) electrons. The molecule has 1 atom stereocenters. The van der Waals surface area contributed by atoms with Crippen LogP contribution in [0.1, 0.15) is 79.4 Å². The lowest BCUT2D eigenvalue weighted by Gasteiger charge is -2.43. The number of piperidine rings is 1. The van der Waals surface area contributed by atoms with Crippen molar-refractivity contribution in [1.82, 2.24) is 15.1 Å². The number of benzene rings is 3. The summed E-state index contributed by atoms with van der Waals surface area (Å²) in [4.78, 5) is 31.8. The van der Waals surface area contributed by atoms with Crippen LogP contribution in [0, 0.1) is 5.92 Å². The second-order valence-corrected chi connectivity index (χ2v) is 13.0. The minimum absolute atomic E-state index is 0. The van der Waals surface area contributed by atoms with E-state index in [4.69, 9.17) is 17.3 Å². The number of nitrogens with zero attached hydrogens (tertiary/aromatic N) is 2. The van der Waals surface area contributed by atoms with E-state index in [0.29, 0.717) is 30.1 Å². The van der Waals surface area contributed by atoms with Gasteiger partial charge in [-0.3, -0.25) is 9.59 Å². The summed E-state index contributed by atoms with van der Waals surface area (Å²) in [5, 5.41) is 3.57. The molecule has 0 spiro atoms. The molecule has 9 heteroatoms. The monoisotopic (exact) mass is 686 g/mol. The zero-order valence-corrected chi connectivity index (χ0v) is 29.2. The van der Waals surface area contributed by atoms with Gasteiger partial charge in [-0.05, 0) is 85.0 Å². The van der Waals surface area contributed by atoms with Crippen molar-refractivity contribution in [3.8, 4) is 11.1 Å². The highest BCUT2D eigenvalue weighted by atomic mass is 35.5. The standard InChI is InChI=1S/C37H47ClN4O2.2ClH/c1-27(30-10-7-11-31(25-30)34-12-5-6-13-35(34)37(44)40-21-20-39)42(36(43)24-28-14-16-32(38)17-15-28)33-18-22-41(23-19-33)26-29-8-3-2-4-9-29;;/h5-7,10-17,25,27,29,33H,2-4,8-9,18-24,26,39H2,1H3,(H,40,44);2*1H. The van der Waals surface area contributed by atoms with Crippen molar-refractivity contribution in [2.24, 2.45) is 11.7 Å². The third-order valence-corrected chi connectivity index (χ3v) is 9.70. The summed E-state index contributed by atoms with van der Waals surface area (Å²) in [5.74, 6) is 0.826. The van der Waals surface area contributed by atoms with Gasteiger partial charge in [0.25, 0.3) is 5.91 Å². The molecule has 1 aliphatic carbocycles. The molecule has 2 fully saturated rings. The SMILES string of the molecule is CC(c1cccc(-c2ccccc2C(=O)NCCN)c1)N(C(=O)Cc1ccc(Cl)cc1)C1CCN(CC2CCCCC2)CC1.Cl.Cl. The number of carbonyl (C=O) groups is 2. The quantitative estimate of drug-likeness (QED) is 0.217.